The van der Waals surface area contributed by atoms with Crippen LogP contribution in [0.3, 0.4) is 0 Å². The number of likely N-dealkylation sites (N-methyl/N-ethyl adjacent to an activating group) is 1. The van der Waals surface area contributed by atoms with Crippen molar-refractivity contribution in [3.63, 3.8) is 0 Å². The highest BCUT2D eigenvalue weighted by Gasteiger charge is 2.56. The molecule has 0 bridgehead atoms. The van der Waals surface area contributed by atoms with Crippen LogP contribution in [0.2, 0.25) is 0 Å². The smallest absolute Gasteiger partial charge is 0.313 e. The Morgan fingerprint density at radius 2 is 1.72 bits per heavy atom. The van der Waals surface area contributed by atoms with E-state index < -0.39 is 5.54 Å². The highest BCUT2D eigenvalue weighted by Crippen LogP contribution is 2.40. The van der Waals surface area contributed by atoms with Gasteiger partial charge in [0, 0.05) is 12.6 Å². The summed E-state index contributed by atoms with van der Waals surface area (Å²) >= 11 is 0. The molecular formula is C20H26N2O3. The second-order valence-corrected chi connectivity index (χ2v) is 7.50. The number of ketones is 1. The van der Waals surface area contributed by atoms with Gasteiger partial charge >= 0.3 is 6.03 Å². The molecule has 1 atom stereocenters. The van der Waals surface area contributed by atoms with Crippen LogP contribution in [0, 0.1) is 12.8 Å². The normalized spacial score (nSPS) is 24.9. The van der Waals surface area contributed by atoms with Gasteiger partial charge in [0.1, 0.15) is 5.54 Å². The van der Waals surface area contributed by atoms with Crippen LogP contribution < -0.4 is 0 Å². The number of nitrogens with zero attached hydrogens (tertiary/aromatic N) is 2. The summed E-state index contributed by atoms with van der Waals surface area (Å²) in [6, 6.07) is 6.84. The Hall–Kier alpha value is -2.17. The summed E-state index contributed by atoms with van der Waals surface area (Å²) in [5.41, 5.74) is 0.764. The van der Waals surface area contributed by atoms with Crippen molar-refractivity contribution in [2.45, 2.75) is 51.5 Å². The van der Waals surface area contributed by atoms with Crippen LogP contribution in [0.1, 0.15) is 54.9 Å². The number of amides is 3. The first-order valence-electron chi connectivity index (χ1n) is 9.05. The Balaban J connectivity index is 1.80. The molecule has 1 heterocycles. The number of imide groups is 1. The van der Waals surface area contributed by atoms with Gasteiger partial charge < -0.3 is 4.90 Å². The van der Waals surface area contributed by atoms with Gasteiger partial charge in [0.05, 0.1) is 6.54 Å². The third-order valence-electron chi connectivity index (χ3n) is 5.97. The number of carbonyl (C=O) groups excluding carboxylic acids is 3. The Kier molecular flexibility index (Phi) is 4.67. The van der Waals surface area contributed by atoms with Crippen LogP contribution in [-0.2, 0) is 4.79 Å². The zero-order valence-corrected chi connectivity index (χ0v) is 15.2. The average molecular weight is 342 g/mol. The summed E-state index contributed by atoms with van der Waals surface area (Å²) in [6.45, 7) is 3.62. The van der Waals surface area contributed by atoms with Gasteiger partial charge in [0.15, 0.2) is 5.78 Å². The van der Waals surface area contributed by atoms with Crippen molar-refractivity contribution in [3.05, 3.63) is 35.4 Å². The maximum absolute atomic E-state index is 13.1. The predicted octanol–water partition coefficient (Wildman–Crippen LogP) is 3.41. The standard InChI is InChI=1S/C20H26N2O3/c1-14-9-11-15(12-10-14)17(23)13-22-18(24)20(2,21(3)19(22)25)16-7-5-4-6-8-16/h9-12,16H,4-8,13H2,1-3H3. The van der Waals surface area contributed by atoms with E-state index in [1.54, 1.807) is 24.1 Å². The molecule has 5 heteroatoms. The first-order valence-corrected chi connectivity index (χ1v) is 9.05. The Bertz CT molecular complexity index is 691. The maximum Gasteiger partial charge on any atom is 0.327 e. The molecule has 5 nitrogen and oxygen atoms in total. The number of benzene rings is 1. The number of aryl methyl sites for hydroxylation is 1. The van der Waals surface area contributed by atoms with Gasteiger partial charge in [0.2, 0.25) is 0 Å². The van der Waals surface area contributed by atoms with E-state index in [9.17, 15) is 14.4 Å². The van der Waals surface area contributed by atoms with Crippen LogP contribution in [0.4, 0.5) is 4.79 Å². The summed E-state index contributed by atoms with van der Waals surface area (Å²) in [5.74, 6) is -0.266. The predicted molar refractivity (Wildman–Crippen MR) is 95.4 cm³/mol. The van der Waals surface area contributed by atoms with Crippen molar-refractivity contribution < 1.29 is 14.4 Å². The molecule has 0 N–H and O–H groups in total. The van der Waals surface area contributed by atoms with E-state index in [0.29, 0.717) is 5.56 Å². The third-order valence-corrected chi connectivity index (χ3v) is 5.97. The fourth-order valence-corrected chi connectivity index (χ4v) is 4.11. The SMILES string of the molecule is Cc1ccc(C(=O)CN2C(=O)N(C)C(C)(C3CCCCC3)C2=O)cc1. The lowest BCUT2D eigenvalue weighted by Crippen LogP contribution is -2.52. The molecule has 2 aliphatic rings. The number of hydrogen-bond donors (Lipinski definition) is 0. The molecule has 1 aliphatic carbocycles. The average Bonchev–Trinajstić information content (AvgIpc) is 2.79. The molecule has 1 aliphatic heterocycles. The molecule has 1 saturated carbocycles. The number of urea groups is 1. The minimum Gasteiger partial charge on any atom is -0.313 e. The number of carbonyl (C=O) groups is 3. The first kappa shape index (κ1) is 17.6. The second kappa shape index (κ2) is 6.62. The van der Waals surface area contributed by atoms with Gasteiger partial charge in [-0.15, -0.1) is 0 Å². The molecule has 1 aromatic rings. The number of Topliss-reactive ketones (excluding diaryl/α,β-unsaturated/α-hetero) is 1. The molecule has 1 unspecified atom stereocenters. The van der Waals surface area contributed by atoms with Gasteiger partial charge in [-0.3, -0.25) is 14.5 Å². The maximum atomic E-state index is 13.1. The van der Waals surface area contributed by atoms with Crippen LogP contribution in [0.5, 0.6) is 0 Å². The molecule has 3 amide bonds. The largest absolute Gasteiger partial charge is 0.327 e. The van der Waals surface area contributed by atoms with Gasteiger partial charge in [0.25, 0.3) is 5.91 Å². The molecule has 3 rings (SSSR count). The summed E-state index contributed by atoms with van der Waals surface area (Å²) in [7, 11) is 1.69. The zero-order chi connectivity index (χ0) is 18.2. The van der Waals surface area contributed by atoms with E-state index in [4.69, 9.17) is 0 Å². The van der Waals surface area contributed by atoms with E-state index in [2.05, 4.69) is 0 Å². The quantitative estimate of drug-likeness (QED) is 0.622. The van der Waals surface area contributed by atoms with Crippen LogP contribution >= 0.6 is 0 Å². The number of hydrogen-bond acceptors (Lipinski definition) is 3. The Morgan fingerprint density at radius 3 is 2.32 bits per heavy atom. The molecule has 0 spiro atoms. The van der Waals surface area contributed by atoms with Crippen molar-refractivity contribution in [1.29, 1.82) is 0 Å². The topological polar surface area (TPSA) is 57.7 Å². The molecular weight excluding hydrogens is 316 g/mol. The van der Waals surface area contributed by atoms with Gasteiger partial charge in [-0.05, 0) is 32.6 Å². The molecule has 2 fully saturated rings. The fraction of sp³-hybridized carbons (Fsp3) is 0.550. The summed E-state index contributed by atoms with van der Waals surface area (Å²) in [6.07, 6.45) is 5.29. The highest BCUT2D eigenvalue weighted by atomic mass is 16.2. The lowest BCUT2D eigenvalue weighted by Gasteiger charge is -2.38. The van der Waals surface area contributed by atoms with Crippen LogP contribution in [0.15, 0.2) is 24.3 Å². The zero-order valence-electron chi connectivity index (χ0n) is 15.2. The van der Waals surface area contributed by atoms with E-state index in [0.717, 1.165) is 36.1 Å². The van der Waals surface area contributed by atoms with E-state index >= 15 is 0 Å². The third kappa shape index (κ3) is 2.96. The lowest BCUT2D eigenvalue weighted by atomic mass is 9.75. The van der Waals surface area contributed by atoms with Crippen molar-refractivity contribution in [2.24, 2.45) is 5.92 Å². The molecule has 0 aromatic heterocycles. The highest BCUT2D eigenvalue weighted by molar-refractivity contribution is 6.11. The summed E-state index contributed by atoms with van der Waals surface area (Å²) < 4.78 is 0. The fourth-order valence-electron chi connectivity index (χ4n) is 4.11. The van der Waals surface area contributed by atoms with E-state index in [1.165, 1.54) is 6.42 Å². The molecule has 25 heavy (non-hydrogen) atoms. The van der Waals surface area contributed by atoms with Crippen LogP contribution in [0.25, 0.3) is 0 Å². The first-order chi connectivity index (χ1) is 11.9. The Labute approximate surface area is 149 Å². The minimum absolute atomic E-state index is 0.169. The van der Waals surface area contributed by atoms with Gasteiger partial charge in [-0.25, -0.2) is 4.79 Å². The van der Waals surface area contributed by atoms with Gasteiger partial charge in [-0.2, -0.15) is 0 Å². The minimum atomic E-state index is -0.828. The summed E-state index contributed by atoms with van der Waals surface area (Å²) in [5, 5.41) is 0. The van der Waals surface area contributed by atoms with Gasteiger partial charge in [-0.1, -0.05) is 49.1 Å². The number of rotatable bonds is 4. The van der Waals surface area contributed by atoms with Crippen LogP contribution in [-0.4, -0.2) is 46.7 Å². The van der Waals surface area contributed by atoms with Crippen molar-refractivity contribution in [1.82, 2.24) is 9.80 Å². The van der Waals surface area contributed by atoms with E-state index in [1.807, 2.05) is 26.0 Å². The van der Waals surface area contributed by atoms with Crippen molar-refractivity contribution >= 4 is 17.7 Å². The van der Waals surface area contributed by atoms with E-state index in [-0.39, 0.29) is 30.2 Å². The molecule has 1 saturated heterocycles. The lowest BCUT2D eigenvalue weighted by molar-refractivity contribution is -0.135. The second-order valence-electron chi connectivity index (χ2n) is 7.50. The van der Waals surface area contributed by atoms with Crippen molar-refractivity contribution in [3.8, 4) is 0 Å². The molecule has 134 valence electrons. The summed E-state index contributed by atoms with van der Waals surface area (Å²) in [4.78, 5) is 41.0. The molecule has 0 radical (unpaired) electrons. The van der Waals surface area contributed by atoms with Crippen molar-refractivity contribution in [2.75, 3.05) is 13.6 Å². The monoisotopic (exact) mass is 342 g/mol. The Morgan fingerprint density at radius 1 is 1.12 bits per heavy atom. The molecule has 1 aromatic carbocycles.